The molecular formula is C12H22N2OS. The van der Waals surface area contributed by atoms with Crippen molar-refractivity contribution in [2.75, 3.05) is 31.1 Å². The van der Waals surface area contributed by atoms with Gasteiger partial charge in [-0.05, 0) is 49.7 Å². The van der Waals surface area contributed by atoms with Crippen LogP contribution in [0.3, 0.4) is 0 Å². The summed E-state index contributed by atoms with van der Waals surface area (Å²) in [4.78, 5) is 11.9. The van der Waals surface area contributed by atoms with Gasteiger partial charge in [0.1, 0.15) is 0 Å². The minimum Gasteiger partial charge on any atom is -0.356 e. The highest BCUT2D eigenvalue weighted by atomic mass is 32.2. The molecule has 3 nitrogen and oxygen atoms in total. The Bertz CT molecular complexity index is 223. The molecule has 2 fully saturated rings. The van der Waals surface area contributed by atoms with Gasteiger partial charge in [0.05, 0.1) is 5.92 Å². The van der Waals surface area contributed by atoms with Crippen molar-refractivity contribution in [2.24, 2.45) is 11.8 Å². The van der Waals surface area contributed by atoms with Crippen LogP contribution in [0.4, 0.5) is 0 Å². The van der Waals surface area contributed by atoms with Crippen molar-refractivity contribution in [3.63, 3.8) is 0 Å². The van der Waals surface area contributed by atoms with Crippen LogP contribution in [0.5, 0.6) is 0 Å². The lowest BCUT2D eigenvalue weighted by molar-refractivity contribution is -0.125. The number of carbonyl (C=O) groups excluding carboxylic acids is 1. The molecule has 16 heavy (non-hydrogen) atoms. The highest BCUT2D eigenvalue weighted by Gasteiger charge is 2.22. The van der Waals surface area contributed by atoms with Gasteiger partial charge in [-0.3, -0.25) is 4.79 Å². The van der Waals surface area contributed by atoms with Crippen LogP contribution in [-0.2, 0) is 4.79 Å². The summed E-state index contributed by atoms with van der Waals surface area (Å²) in [6.07, 6.45) is 4.74. The van der Waals surface area contributed by atoms with Crippen LogP contribution < -0.4 is 10.6 Å². The van der Waals surface area contributed by atoms with Crippen LogP contribution in [0, 0.1) is 11.8 Å². The number of nitrogens with one attached hydrogen (secondary N) is 2. The first kappa shape index (κ1) is 12.2. The SMILES string of the molecule is O=C(NCC1CCSCC1)[C@H]1CCCNC1. The molecule has 1 amide bonds. The fourth-order valence-corrected chi connectivity index (χ4v) is 3.62. The summed E-state index contributed by atoms with van der Waals surface area (Å²) in [5.74, 6) is 3.75. The van der Waals surface area contributed by atoms with E-state index in [1.807, 2.05) is 11.8 Å². The fourth-order valence-electron chi connectivity index (χ4n) is 2.42. The molecule has 1 atom stereocenters. The monoisotopic (exact) mass is 242 g/mol. The second-order valence-corrected chi connectivity index (χ2v) is 6.07. The van der Waals surface area contributed by atoms with E-state index in [1.165, 1.54) is 24.3 Å². The lowest BCUT2D eigenvalue weighted by atomic mass is 9.98. The average Bonchev–Trinajstić information content (AvgIpc) is 2.38. The van der Waals surface area contributed by atoms with Crippen molar-refractivity contribution in [1.29, 1.82) is 0 Å². The van der Waals surface area contributed by atoms with E-state index in [4.69, 9.17) is 0 Å². The summed E-state index contributed by atoms with van der Waals surface area (Å²) in [6, 6.07) is 0. The second-order valence-electron chi connectivity index (χ2n) is 4.84. The molecule has 2 aliphatic heterocycles. The van der Waals surface area contributed by atoms with Gasteiger partial charge in [-0.15, -0.1) is 0 Å². The first-order valence-corrected chi connectivity index (χ1v) is 7.58. The van der Waals surface area contributed by atoms with Gasteiger partial charge < -0.3 is 10.6 Å². The first-order chi connectivity index (χ1) is 7.86. The Morgan fingerprint density at radius 2 is 2.12 bits per heavy atom. The van der Waals surface area contributed by atoms with Gasteiger partial charge in [-0.2, -0.15) is 11.8 Å². The van der Waals surface area contributed by atoms with Crippen molar-refractivity contribution < 1.29 is 4.79 Å². The smallest absolute Gasteiger partial charge is 0.224 e. The third-order valence-electron chi connectivity index (χ3n) is 3.57. The maximum absolute atomic E-state index is 11.9. The van der Waals surface area contributed by atoms with Crippen LogP contribution >= 0.6 is 11.8 Å². The molecule has 0 saturated carbocycles. The molecule has 0 bridgehead atoms. The molecule has 0 spiro atoms. The Labute approximate surface area is 102 Å². The van der Waals surface area contributed by atoms with Crippen molar-refractivity contribution in [3.05, 3.63) is 0 Å². The molecular weight excluding hydrogens is 220 g/mol. The van der Waals surface area contributed by atoms with E-state index in [2.05, 4.69) is 10.6 Å². The molecule has 4 heteroatoms. The largest absolute Gasteiger partial charge is 0.356 e. The van der Waals surface area contributed by atoms with Crippen molar-refractivity contribution in [1.82, 2.24) is 10.6 Å². The van der Waals surface area contributed by atoms with Crippen LogP contribution in [0.2, 0.25) is 0 Å². The lowest BCUT2D eigenvalue weighted by Crippen LogP contribution is -2.42. The topological polar surface area (TPSA) is 41.1 Å². The van der Waals surface area contributed by atoms with Gasteiger partial charge >= 0.3 is 0 Å². The summed E-state index contributed by atoms with van der Waals surface area (Å²) >= 11 is 2.04. The molecule has 0 aromatic rings. The quantitative estimate of drug-likeness (QED) is 0.782. The molecule has 2 saturated heterocycles. The van der Waals surface area contributed by atoms with Crippen molar-refractivity contribution in [3.8, 4) is 0 Å². The summed E-state index contributed by atoms with van der Waals surface area (Å²) < 4.78 is 0. The molecule has 0 radical (unpaired) electrons. The number of rotatable bonds is 3. The Hall–Kier alpha value is -0.220. The Balaban J connectivity index is 1.65. The van der Waals surface area contributed by atoms with Crippen LogP contribution in [0.1, 0.15) is 25.7 Å². The molecule has 0 aromatic carbocycles. The Kier molecular flexibility index (Phi) is 4.97. The van der Waals surface area contributed by atoms with Gasteiger partial charge in [-0.25, -0.2) is 0 Å². The van der Waals surface area contributed by atoms with Crippen LogP contribution in [-0.4, -0.2) is 37.0 Å². The Morgan fingerprint density at radius 1 is 1.31 bits per heavy atom. The minimum atomic E-state index is 0.215. The number of piperidine rings is 1. The predicted molar refractivity (Wildman–Crippen MR) is 68.7 cm³/mol. The summed E-state index contributed by atoms with van der Waals surface area (Å²) in [5, 5.41) is 6.42. The zero-order valence-electron chi connectivity index (χ0n) is 9.84. The molecule has 2 N–H and O–H groups in total. The summed E-state index contributed by atoms with van der Waals surface area (Å²) in [5.41, 5.74) is 0. The third-order valence-corrected chi connectivity index (χ3v) is 4.62. The fraction of sp³-hybridized carbons (Fsp3) is 0.917. The van der Waals surface area contributed by atoms with Crippen LogP contribution in [0.25, 0.3) is 0 Å². The van der Waals surface area contributed by atoms with Crippen LogP contribution in [0.15, 0.2) is 0 Å². The van der Waals surface area contributed by atoms with E-state index in [1.54, 1.807) is 0 Å². The zero-order chi connectivity index (χ0) is 11.2. The highest BCUT2D eigenvalue weighted by Crippen LogP contribution is 2.22. The van der Waals surface area contributed by atoms with E-state index in [0.29, 0.717) is 0 Å². The van der Waals surface area contributed by atoms with E-state index in [9.17, 15) is 4.79 Å². The number of hydrogen-bond acceptors (Lipinski definition) is 3. The van der Waals surface area contributed by atoms with Gasteiger partial charge in [0.25, 0.3) is 0 Å². The van der Waals surface area contributed by atoms with E-state index in [0.717, 1.165) is 38.4 Å². The number of thioether (sulfide) groups is 1. The maximum Gasteiger partial charge on any atom is 0.224 e. The molecule has 0 aromatic heterocycles. The summed E-state index contributed by atoms with van der Waals surface area (Å²) in [6.45, 7) is 2.84. The highest BCUT2D eigenvalue weighted by molar-refractivity contribution is 7.99. The average molecular weight is 242 g/mol. The first-order valence-electron chi connectivity index (χ1n) is 6.42. The molecule has 2 aliphatic rings. The zero-order valence-corrected chi connectivity index (χ0v) is 10.7. The summed E-state index contributed by atoms with van der Waals surface area (Å²) in [7, 11) is 0. The third kappa shape index (κ3) is 3.67. The lowest BCUT2D eigenvalue weighted by Gasteiger charge is -2.25. The molecule has 92 valence electrons. The van der Waals surface area contributed by atoms with Gasteiger partial charge in [0, 0.05) is 13.1 Å². The second kappa shape index (κ2) is 6.50. The standard InChI is InChI=1S/C12H22N2OS/c15-12(11-2-1-5-13-9-11)14-8-10-3-6-16-7-4-10/h10-11,13H,1-9H2,(H,14,15)/t11-/m0/s1. The van der Waals surface area contributed by atoms with E-state index >= 15 is 0 Å². The maximum atomic E-state index is 11.9. The van der Waals surface area contributed by atoms with E-state index in [-0.39, 0.29) is 11.8 Å². The molecule has 2 heterocycles. The minimum absolute atomic E-state index is 0.215. The molecule has 0 unspecified atom stereocenters. The predicted octanol–water partition coefficient (Wildman–Crippen LogP) is 1.25. The van der Waals surface area contributed by atoms with Gasteiger partial charge in [0.15, 0.2) is 0 Å². The number of hydrogen-bond donors (Lipinski definition) is 2. The normalized spacial score (nSPS) is 27.6. The number of carbonyl (C=O) groups is 1. The van der Waals surface area contributed by atoms with E-state index < -0.39 is 0 Å². The van der Waals surface area contributed by atoms with Gasteiger partial charge in [-0.1, -0.05) is 0 Å². The number of amides is 1. The van der Waals surface area contributed by atoms with Crippen molar-refractivity contribution in [2.45, 2.75) is 25.7 Å². The van der Waals surface area contributed by atoms with Crippen molar-refractivity contribution >= 4 is 17.7 Å². The molecule has 2 rings (SSSR count). The Morgan fingerprint density at radius 3 is 2.81 bits per heavy atom. The van der Waals surface area contributed by atoms with Gasteiger partial charge in [0.2, 0.25) is 5.91 Å². The molecule has 0 aliphatic carbocycles.